The van der Waals surface area contributed by atoms with Crippen LogP contribution in [0.2, 0.25) is 0 Å². The topological polar surface area (TPSA) is 67.6 Å². The molecule has 1 aromatic carbocycles. The molecule has 1 atom stereocenters. The summed E-state index contributed by atoms with van der Waals surface area (Å²) < 4.78 is 2.18. The van der Waals surface area contributed by atoms with E-state index in [0.29, 0.717) is 6.42 Å². The molecule has 3 rings (SSSR count). The van der Waals surface area contributed by atoms with E-state index in [2.05, 4.69) is 15.6 Å². The summed E-state index contributed by atoms with van der Waals surface area (Å²) in [5.74, 6) is 0. The third-order valence-corrected chi connectivity index (χ3v) is 4.35. The van der Waals surface area contributed by atoms with Crippen LogP contribution in [0.15, 0.2) is 36.7 Å². The quantitative estimate of drug-likeness (QED) is 0.935. The Morgan fingerprint density at radius 2 is 2.00 bits per heavy atom. The summed E-state index contributed by atoms with van der Waals surface area (Å²) in [5.41, 5.74) is 8.81. The first-order chi connectivity index (χ1) is 10.2. The number of nitriles is 1. The number of nitrogens with zero attached hydrogens (tertiary/aromatic N) is 3. The molecule has 4 nitrogen and oxygen atoms in total. The van der Waals surface area contributed by atoms with E-state index < -0.39 is 5.54 Å². The molecule has 0 spiro atoms. The van der Waals surface area contributed by atoms with Crippen LogP contribution >= 0.6 is 0 Å². The number of benzene rings is 1. The smallest absolute Gasteiger partial charge is 0.131 e. The van der Waals surface area contributed by atoms with E-state index in [0.717, 1.165) is 24.9 Å². The Hall–Kier alpha value is -2.12. The maximum Gasteiger partial charge on any atom is 0.131 e. The highest BCUT2D eigenvalue weighted by Crippen LogP contribution is 2.24. The molecule has 0 saturated heterocycles. The first-order valence-corrected chi connectivity index (χ1v) is 7.51. The summed E-state index contributed by atoms with van der Waals surface area (Å²) in [4.78, 5) is 4.50. The molecule has 0 fully saturated rings. The Morgan fingerprint density at radius 3 is 2.76 bits per heavy atom. The fourth-order valence-corrected chi connectivity index (χ4v) is 3.02. The summed E-state index contributed by atoms with van der Waals surface area (Å²) in [5, 5.41) is 9.51. The third kappa shape index (κ3) is 2.70. The fraction of sp³-hybridized carbons (Fsp3) is 0.412. The second kappa shape index (κ2) is 5.71. The number of aromatic nitrogens is 2. The van der Waals surface area contributed by atoms with Crippen LogP contribution in [0.4, 0.5) is 0 Å². The van der Waals surface area contributed by atoms with Crippen LogP contribution in [0.3, 0.4) is 0 Å². The van der Waals surface area contributed by atoms with Gasteiger partial charge < -0.3 is 10.3 Å². The molecule has 0 amide bonds. The number of aryl methyl sites for hydroxylation is 2. The van der Waals surface area contributed by atoms with Crippen molar-refractivity contribution >= 4 is 0 Å². The van der Waals surface area contributed by atoms with E-state index in [-0.39, 0.29) is 0 Å². The maximum atomic E-state index is 9.51. The van der Waals surface area contributed by atoms with Gasteiger partial charge in [-0.05, 0) is 31.2 Å². The van der Waals surface area contributed by atoms with Gasteiger partial charge in [0.2, 0.25) is 0 Å². The van der Waals surface area contributed by atoms with Crippen molar-refractivity contribution in [3.63, 3.8) is 0 Å². The van der Waals surface area contributed by atoms with Crippen LogP contribution < -0.4 is 5.73 Å². The van der Waals surface area contributed by atoms with Crippen LogP contribution in [0.5, 0.6) is 0 Å². The average molecular weight is 280 g/mol. The maximum absolute atomic E-state index is 9.51. The van der Waals surface area contributed by atoms with Crippen LogP contribution in [-0.4, -0.2) is 9.55 Å². The van der Waals surface area contributed by atoms with Crippen molar-refractivity contribution in [3.8, 4) is 6.07 Å². The largest absolute Gasteiger partial charge is 0.334 e. The fourth-order valence-electron chi connectivity index (χ4n) is 3.02. The predicted octanol–water partition coefficient (Wildman–Crippen LogP) is 2.53. The van der Waals surface area contributed by atoms with Crippen molar-refractivity contribution in [2.24, 2.45) is 5.73 Å². The van der Waals surface area contributed by atoms with Gasteiger partial charge in [-0.3, -0.25) is 0 Å². The summed E-state index contributed by atoms with van der Waals surface area (Å²) >= 11 is 0. The third-order valence-electron chi connectivity index (χ3n) is 4.35. The highest BCUT2D eigenvalue weighted by atomic mass is 15.1. The van der Waals surface area contributed by atoms with E-state index >= 15 is 0 Å². The normalized spacial score (nSPS) is 16.8. The van der Waals surface area contributed by atoms with Crippen LogP contribution in [0.25, 0.3) is 0 Å². The highest BCUT2D eigenvalue weighted by molar-refractivity contribution is 5.30. The first kappa shape index (κ1) is 13.8. The second-order valence-electron chi connectivity index (χ2n) is 5.74. The van der Waals surface area contributed by atoms with E-state index in [1.807, 2.05) is 36.7 Å². The number of rotatable bonds is 4. The van der Waals surface area contributed by atoms with Gasteiger partial charge in [0.15, 0.2) is 0 Å². The molecular formula is C17H20N4. The standard InChI is InChI=1S/C17H20N4/c18-12-17(19,14-6-2-1-3-7-14)10-11-21-13-20-15-8-4-5-9-16(15)21/h1-3,6-7,13H,4-5,8-11,19H2. The van der Waals surface area contributed by atoms with E-state index in [1.54, 1.807) is 0 Å². The van der Waals surface area contributed by atoms with Gasteiger partial charge in [-0.1, -0.05) is 30.3 Å². The zero-order chi connectivity index (χ0) is 14.7. The van der Waals surface area contributed by atoms with E-state index in [9.17, 15) is 5.26 Å². The summed E-state index contributed by atoms with van der Waals surface area (Å²) in [6, 6.07) is 11.9. The monoisotopic (exact) mass is 280 g/mol. The summed E-state index contributed by atoms with van der Waals surface area (Å²) in [6.07, 6.45) is 7.11. The Labute approximate surface area is 125 Å². The number of hydrogen-bond acceptors (Lipinski definition) is 3. The van der Waals surface area contributed by atoms with Crippen molar-refractivity contribution in [2.75, 3.05) is 0 Å². The molecule has 21 heavy (non-hydrogen) atoms. The van der Waals surface area contributed by atoms with Gasteiger partial charge in [-0.25, -0.2) is 4.98 Å². The van der Waals surface area contributed by atoms with E-state index in [1.165, 1.54) is 24.2 Å². The molecule has 2 N–H and O–H groups in total. The minimum atomic E-state index is -0.937. The summed E-state index contributed by atoms with van der Waals surface area (Å²) in [6.45, 7) is 0.737. The zero-order valence-electron chi connectivity index (χ0n) is 12.1. The minimum Gasteiger partial charge on any atom is -0.334 e. The predicted molar refractivity (Wildman–Crippen MR) is 81.4 cm³/mol. The van der Waals surface area contributed by atoms with Gasteiger partial charge >= 0.3 is 0 Å². The lowest BCUT2D eigenvalue weighted by molar-refractivity contribution is 0.462. The molecule has 1 aromatic heterocycles. The van der Waals surface area contributed by atoms with Crippen LogP contribution in [-0.2, 0) is 24.9 Å². The highest BCUT2D eigenvalue weighted by Gasteiger charge is 2.27. The zero-order valence-corrected chi connectivity index (χ0v) is 12.1. The molecule has 108 valence electrons. The molecule has 1 heterocycles. The van der Waals surface area contributed by atoms with Gasteiger partial charge in [-0.2, -0.15) is 5.26 Å². The summed E-state index contributed by atoms with van der Waals surface area (Å²) in [7, 11) is 0. The lowest BCUT2D eigenvalue weighted by Crippen LogP contribution is -2.36. The lowest BCUT2D eigenvalue weighted by atomic mass is 9.89. The van der Waals surface area contributed by atoms with Crippen LogP contribution in [0, 0.1) is 11.3 Å². The van der Waals surface area contributed by atoms with Crippen molar-refractivity contribution < 1.29 is 0 Å². The Morgan fingerprint density at radius 1 is 1.24 bits per heavy atom. The Bertz CT molecular complexity index is 653. The van der Waals surface area contributed by atoms with Gasteiger partial charge in [-0.15, -0.1) is 0 Å². The van der Waals surface area contributed by atoms with Gasteiger partial charge in [0, 0.05) is 18.7 Å². The van der Waals surface area contributed by atoms with Gasteiger partial charge in [0.1, 0.15) is 5.54 Å². The van der Waals surface area contributed by atoms with Crippen molar-refractivity contribution in [3.05, 3.63) is 53.6 Å². The Balaban J connectivity index is 1.77. The molecule has 0 saturated carbocycles. The number of imidazole rings is 1. The molecule has 1 aliphatic carbocycles. The SMILES string of the molecule is N#CC(N)(CCn1cnc2c1CCCC2)c1ccccc1. The molecule has 0 aliphatic heterocycles. The molecule has 0 bridgehead atoms. The molecular weight excluding hydrogens is 260 g/mol. The van der Waals surface area contributed by atoms with Crippen molar-refractivity contribution in [2.45, 2.75) is 44.2 Å². The lowest BCUT2D eigenvalue weighted by Gasteiger charge is -2.23. The molecule has 0 radical (unpaired) electrons. The average Bonchev–Trinajstić information content (AvgIpc) is 2.97. The molecule has 4 heteroatoms. The number of nitrogens with two attached hydrogens (primary N) is 1. The molecule has 1 unspecified atom stereocenters. The molecule has 1 aliphatic rings. The van der Waals surface area contributed by atoms with E-state index in [4.69, 9.17) is 5.73 Å². The number of hydrogen-bond donors (Lipinski definition) is 1. The number of fused-ring (bicyclic) bond motifs is 1. The molecule has 2 aromatic rings. The first-order valence-electron chi connectivity index (χ1n) is 7.51. The minimum absolute atomic E-state index is 0.594. The Kier molecular flexibility index (Phi) is 3.76. The van der Waals surface area contributed by atoms with Crippen molar-refractivity contribution in [1.82, 2.24) is 9.55 Å². The van der Waals surface area contributed by atoms with Crippen molar-refractivity contribution in [1.29, 1.82) is 5.26 Å². The van der Waals surface area contributed by atoms with Gasteiger partial charge in [0.05, 0.1) is 18.1 Å². The van der Waals surface area contributed by atoms with Gasteiger partial charge in [0.25, 0.3) is 0 Å². The second-order valence-corrected chi connectivity index (χ2v) is 5.74. The van der Waals surface area contributed by atoms with Crippen LogP contribution in [0.1, 0.15) is 36.2 Å².